The first-order valence-electron chi connectivity index (χ1n) is 5.80. The first kappa shape index (κ1) is 12.3. The van der Waals surface area contributed by atoms with E-state index in [2.05, 4.69) is 22.4 Å². The van der Waals surface area contributed by atoms with E-state index < -0.39 is 0 Å². The van der Waals surface area contributed by atoms with Crippen molar-refractivity contribution in [2.24, 2.45) is 0 Å². The van der Waals surface area contributed by atoms with Gasteiger partial charge in [-0.15, -0.1) is 0 Å². The molecule has 0 fully saturated rings. The molecular weight excluding hydrogens is 233 g/mol. The molecule has 1 aromatic heterocycles. The van der Waals surface area contributed by atoms with E-state index in [9.17, 15) is 9.18 Å². The number of anilines is 1. The second-order valence-corrected chi connectivity index (χ2v) is 3.99. The molecule has 0 saturated heterocycles. The van der Waals surface area contributed by atoms with E-state index in [-0.39, 0.29) is 11.7 Å². The summed E-state index contributed by atoms with van der Waals surface area (Å²) in [4.78, 5) is 11.8. The van der Waals surface area contributed by atoms with Crippen LogP contribution >= 0.6 is 0 Å². The molecule has 18 heavy (non-hydrogen) atoms. The standard InChI is InChI=1S/C13H14FN3O/c1-2-3-11-8-12(17-16-11)13(18)15-10-6-4-9(14)5-7-10/h4-8H,2-3H2,1H3,(H,15,18)(H,16,17). The molecule has 1 aromatic carbocycles. The Morgan fingerprint density at radius 1 is 1.39 bits per heavy atom. The predicted molar refractivity (Wildman–Crippen MR) is 66.9 cm³/mol. The van der Waals surface area contributed by atoms with Gasteiger partial charge in [-0.1, -0.05) is 13.3 Å². The minimum Gasteiger partial charge on any atom is -0.321 e. The zero-order valence-corrected chi connectivity index (χ0v) is 10.0. The number of nitrogens with zero attached hydrogens (tertiary/aromatic N) is 1. The molecule has 1 amide bonds. The SMILES string of the molecule is CCCc1cc(C(=O)Nc2ccc(F)cc2)n[nH]1. The van der Waals surface area contributed by atoms with E-state index in [1.165, 1.54) is 24.3 Å². The molecule has 0 aliphatic heterocycles. The van der Waals surface area contributed by atoms with Crippen LogP contribution in [0, 0.1) is 5.82 Å². The van der Waals surface area contributed by atoms with E-state index >= 15 is 0 Å². The summed E-state index contributed by atoms with van der Waals surface area (Å²) in [6.45, 7) is 2.05. The minimum absolute atomic E-state index is 0.305. The number of rotatable bonds is 4. The highest BCUT2D eigenvalue weighted by molar-refractivity contribution is 6.02. The fraction of sp³-hybridized carbons (Fsp3) is 0.231. The van der Waals surface area contributed by atoms with Gasteiger partial charge in [-0.2, -0.15) is 5.10 Å². The Hall–Kier alpha value is -2.17. The fourth-order valence-corrected chi connectivity index (χ4v) is 1.60. The van der Waals surface area contributed by atoms with Crippen molar-refractivity contribution in [3.8, 4) is 0 Å². The van der Waals surface area contributed by atoms with Crippen LogP contribution in [-0.4, -0.2) is 16.1 Å². The monoisotopic (exact) mass is 247 g/mol. The first-order valence-corrected chi connectivity index (χ1v) is 5.80. The van der Waals surface area contributed by atoms with Crippen LogP contribution in [0.2, 0.25) is 0 Å². The van der Waals surface area contributed by atoms with E-state index in [0.717, 1.165) is 18.5 Å². The van der Waals surface area contributed by atoms with E-state index in [4.69, 9.17) is 0 Å². The summed E-state index contributed by atoms with van der Waals surface area (Å²) in [6, 6.07) is 7.33. The summed E-state index contributed by atoms with van der Waals surface area (Å²) in [6.07, 6.45) is 1.85. The van der Waals surface area contributed by atoms with E-state index in [1.54, 1.807) is 6.07 Å². The van der Waals surface area contributed by atoms with Gasteiger partial charge in [0, 0.05) is 11.4 Å². The predicted octanol–water partition coefficient (Wildman–Crippen LogP) is 2.75. The number of carbonyl (C=O) groups excluding carboxylic acids is 1. The van der Waals surface area contributed by atoms with Gasteiger partial charge >= 0.3 is 0 Å². The highest BCUT2D eigenvalue weighted by Gasteiger charge is 2.10. The first-order chi connectivity index (χ1) is 8.69. The smallest absolute Gasteiger partial charge is 0.276 e. The molecule has 0 spiro atoms. The summed E-state index contributed by atoms with van der Waals surface area (Å²) in [7, 11) is 0. The third-order valence-electron chi connectivity index (χ3n) is 2.48. The number of aryl methyl sites for hydroxylation is 1. The molecule has 4 nitrogen and oxygen atoms in total. The van der Waals surface area contributed by atoms with E-state index in [1.807, 2.05) is 0 Å². The average molecular weight is 247 g/mol. The average Bonchev–Trinajstić information content (AvgIpc) is 2.81. The van der Waals surface area contributed by atoms with Crippen LogP contribution in [0.1, 0.15) is 29.5 Å². The van der Waals surface area contributed by atoms with Gasteiger partial charge in [-0.3, -0.25) is 9.89 Å². The summed E-state index contributed by atoms with van der Waals surface area (Å²) >= 11 is 0. The molecule has 5 heteroatoms. The maximum Gasteiger partial charge on any atom is 0.276 e. The molecule has 94 valence electrons. The van der Waals surface area contributed by atoms with Gasteiger partial charge < -0.3 is 5.32 Å². The Labute approximate surface area is 104 Å². The number of halogens is 1. The molecule has 0 saturated carbocycles. The van der Waals surface area contributed by atoms with Crippen LogP contribution in [0.3, 0.4) is 0 Å². The zero-order valence-electron chi connectivity index (χ0n) is 10.0. The normalized spacial score (nSPS) is 10.3. The van der Waals surface area contributed by atoms with Crippen LogP contribution in [0.25, 0.3) is 0 Å². The van der Waals surface area contributed by atoms with Crippen LogP contribution in [0.4, 0.5) is 10.1 Å². The third kappa shape index (κ3) is 2.94. The van der Waals surface area contributed by atoms with Crippen molar-refractivity contribution in [3.63, 3.8) is 0 Å². The lowest BCUT2D eigenvalue weighted by atomic mass is 10.2. The summed E-state index contributed by atoms with van der Waals surface area (Å²) in [5.74, 6) is -0.641. The van der Waals surface area contributed by atoms with Gasteiger partial charge in [-0.05, 0) is 36.8 Å². The number of hydrogen-bond acceptors (Lipinski definition) is 2. The summed E-state index contributed by atoms with van der Waals surface area (Å²) in [5, 5.41) is 9.40. The van der Waals surface area contributed by atoms with Crippen LogP contribution < -0.4 is 5.32 Å². The molecular formula is C13H14FN3O. The van der Waals surface area contributed by atoms with Gasteiger partial charge in [0.1, 0.15) is 5.82 Å². The maximum absolute atomic E-state index is 12.7. The van der Waals surface area contributed by atoms with Gasteiger partial charge in [0.25, 0.3) is 5.91 Å². The van der Waals surface area contributed by atoms with Gasteiger partial charge in [0.05, 0.1) is 0 Å². The molecule has 0 radical (unpaired) electrons. The molecule has 0 atom stereocenters. The highest BCUT2D eigenvalue weighted by atomic mass is 19.1. The van der Waals surface area contributed by atoms with E-state index in [0.29, 0.717) is 11.4 Å². The quantitative estimate of drug-likeness (QED) is 0.872. The lowest BCUT2D eigenvalue weighted by Gasteiger charge is -2.01. The molecule has 0 aliphatic rings. The topological polar surface area (TPSA) is 57.8 Å². The van der Waals surface area contributed by atoms with Crippen molar-refractivity contribution >= 4 is 11.6 Å². The lowest BCUT2D eigenvalue weighted by Crippen LogP contribution is -2.12. The van der Waals surface area contributed by atoms with Crippen molar-refractivity contribution < 1.29 is 9.18 Å². The van der Waals surface area contributed by atoms with Gasteiger partial charge in [-0.25, -0.2) is 4.39 Å². The number of amides is 1. The molecule has 0 unspecified atom stereocenters. The number of hydrogen-bond donors (Lipinski definition) is 2. The number of aromatic nitrogens is 2. The third-order valence-corrected chi connectivity index (χ3v) is 2.48. The number of aromatic amines is 1. The van der Waals surface area contributed by atoms with Crippen LogP contribution in [0.5, 0.6) is 0 Å². The van der Waals surface area contributed by atoms with Crippen molar-refractivity contribution in [1.29, 1.82) is 0 Å². The Morgan fingerprint density at radius 2 is 2.11 bits per heavy atom. The minimum atomic E-state index is -0.335. The summed E-state index contributed by atoms with van der Waals surface area (Å²) in [5.41, 5.74) is 1.81. The lowest BCUT2D eigenvalue weighted by molar-refractivity contribution is 0.102. The Bertz CT molecular complexity index is 533. The number of benzene rings is 1. The van der Waals surface area contributed by atoms with Crippen molar-refractivity contribution in [2.75, 3.05) is 5.32 Å². The highest BCUT2D eigenvalue weighted by Crippen LogP contribution is 2.10. The Balaban J connectivity index is 2.04. The second kappa shape index (κ2) is 5.44. The largest absolute Gasteiger partial charge is 0.321 e. The fourth-order valence-electron chi connectivity index (χ4n) is 1.60. The van der Waals surface area contributed by atoms with Crippen molar-refractivity contribution in [1.82, 2.24) is 10.2 Å². The zero-order chi connectivity index (χ0) is 13.0. The molecule has 0 aliphatic carbocycles. The van der Waals surface area contributed by atoms with Crippen molar-refractivity contribution in [3.05, 3.63) is 47.5 Å². The maximum atomic E-state index is 12.7. The summed E-state index contributed by atoms with van der Waals surface area (Å²) < 4.78 is 12.7. The van der Waals surface area contributed by atoms with Gasteiger partial charge in [0.15, 0.2) is 5.69 Å². The molecule has 0 bridgehead atoms. The number of H-pyrrole nitrogens is 1. The second-order valence-electron chi connectivity index (χ2n) is 3.99. The van der Waals surface area contributed by atoms with Crippen molar-refractivity contribution in [2.45, 2.75) is 19.8 Å². The molecule has 2 rings (SSSR count). The van der Waals surface area contributed by atoms with Gasteiger partial charge in [0.2, 0.25) is 0 Å². The van der Waals surface area contributed by atoms with Crippen LogP contribution in [0.15, 0.2) is 30.3 Å². The molecule has 2 N–H and O–H groups in total. The Morgan fingerprint density at radius 3 is 2.78 bits per heavy atom. The Kier molecular flexibility index (Phi) is 3.72. The van der Waals surface area contributed by atoms with Crippen LogP contribution in [-0.2, 0) is 6.42 Å². The molecule has 2 aromatic rings. The number of carbonyl (C=O) groups is 1. The number of nitrogens with one attached hydrogen (secondary N) is 2. The molecule has 1 heterocycles.